The number of halogens is 2. The zero-order valence-corrected chi connectivity index (χ0v) is 32.9. The third-order valence-corrected chi connectivity index (χ3v) is 36.7. The van der Waals surface area contributed by atoms with Crippen LogP contribution in [0.15, 0.2) is 37.7 Å². The van der Waals surface area contributed by atoms with Gasteiger partial charge in [0.25, 0.3) is 0 Å². The molecule has 0 N–H and O–H groups in total. The molecule has 185 valence electrons. The summed E-state index contributed by atoms with van der Waals surface area (Å²) in [6, 6.07) is 0. The van der Waals surface area contributed by atoms with Crippen molar-refractivity contribution in [2.45, 2.75) is 104 Å². The van der Waals surface area contributed by atoms with E-state index in [-0.39, 0.29) is 48.0 Å². The van der Waals surface area contributed by atoms with Crippen LogP contribution in [0.25, 0.3) is 0 Å². The molecule has 2 aliphatic carbocycles. The molecule has 0 aromatic heterocycles. The molecule has 0 radical (unpaired) electrons. The Hall–Kier alpha value is 2.33. The van der Waals surface area contributed by atoms with Crippen LogP contribution >= 0.6 is 24.8 Å². The summed E-state index contributed by atoms with van der Waals surface area (Å²) in [5, 5.41) is 7.70. The standard InChI is InChI=1S/2C11H21Si2.C2H6Si.2ClH.Li.Y.H/c2*1-12(2,3)10-8-7-9-11(10)13(4,5)6;1-3-2;;;;;/h2*8H,7H2,1-6H3;1-2H3;2*1H;;;. The summed E-state index contributed by atoms with van der Waals surface area (Å²) in [7, 11) is -5.27. The average molecular weight is 647 g/mol. The summed E-state index contributed by atoms with van der Waals surface area (Å²) in [6.07, 6.45) is 8.14. The summed E-state index contributed by atoms with van der Waals surface area (Å²) >= 11 is -2.01. The molecule has 33 heavy (non-hydrogen) atoms. The third kappa shape index (κ3) is 8.67. The van der Waals surface area contributed by atoms with E-state index >= 15 is 0 Å². The third-order valence-electron chi connectivity index (χ3n) is 6.62. The van der Waals surface area contributed by atoms with Gasteiger partial charge in [-0.15, -0.1) is 24.8 Å². The van der Waals surface area contributed by atoms with Crippen molar-refractivity contribution in [3.05, 3.63) is 37.7 Å². The minimum atomic E-state index is -2.01. The maximum absolute atomic E-state index is 2.74. The fraction of sp³-hybridized carbons (Fsp3) is 0.667. The van der Waals surface area contributed by atoms with E-state index in [1.165, 1.54) is 12.8 Å². The average Bonchev–Trinajstić information content (AvgIpc) is 3.09. The Labute approximate surface area is 245 Å². The minimum absolute atomic E-state index is 0. The Morgan fingerprint density at radius 1 is 0.576 bits per heavy atom. The van der Waals surface area contributed by atoms with Gasteiger partial charge in [0, 0.05) is 0 Å². The van der Waals surface area contributed by atoms with E-state index in [1.54, 1.807) is 0 Å². The van der Waals surface area contributed by atoms with Crippen LogP contribution in [0.3, 0.4) is 0 Å². The quantitative estimate of drug-likeness (QED) is 0.253. The second-order valence-corrected chi connectivity index (χ2v) is 53.7. The molecule has 2 rings (SSSR count). The van der Waals surface area contributed by atoms with Gasteiger partial charge in [0.05, 0.1) is 0 Å². The van der Waals surface area contributed by atoms with E-state index in [2.05, 4.69) is 109 Å². The molecule has 0 nitrogen and oxygen atoms in total. The van der Waals surface area contributed by atoms with Crippen molar-refractivity contribution in [1.29, 1.82) is 0 Å². The Bertz CT molecular complexity index is 831. The Kier molecular flexibility index (Phi) is 14.7. The first-order valence-corrected chi connectivity index (χ1v) is 35.6. The summed E-state index contributed by atoms with van der Waals surface area (Å²) in [6.45, 7) is 36.7. The zero-order chi connectivity index (χ0) is 23.4. The van der Waals surface area contributed by atoms with Crippen molar-refractivity contribution in [2.24, 2.45) is 0 Å². The first-order chi connectivity index (χ1) is 13.3. The molecule has 0 fully saturated rings. The molecule has 0 bridgehead atoms. The fourth-order valence-corrected chi connectivity index (χ4v) is 47.7. The normalized spacial score (nSPS) is 17.2. The van der Waals surface area contributed by atoms with Crippen molar-refractivity contribution in [3.8, 4) is 0 Å². The molecule has 0 aromatic rings. The predicted octanol–water partition coefficient (Wildman–Crippen LogP) is 8.73. The van der Waals surface area contributed by atoms with E-state index in [4.69, 9.17) is 0 Å². The summed E-state index contributed by atoms with van der Waals surface area (Å²) in [4.78, 5) is 0. The van der Waals surface area contributed by atoms with Gasteiger partial charge in [0.1, 0.15) is 0 Å². The van der Waals surface area contributed by atoms with Crippen molar-refractivity contribution in [2.75, 3.05) is 0 Å². The molecule has 0 saturated heterocycles. The van der Waals surface area contributed by atoms with Crippen LogP contribution < -0.4 is 0 Å². The Balaban J connectivity index is 0. The van der Waals surface area contributed by atoms with E-state index in [1.807, 2.05) is 20.8 Å². The molecule has 0 amide bonds. The van der Waals surface area contributed by atoms with Gasteiger partial charge in [0.15, 0.2) is 0 Å². The van der Waals surface area contributed by atoms with Crippen molar-refractivity contribution in [3.63, 3.8) is 0 Å². The van der Waals surface area contributed by atoms with Gasteiger partial charge in [0.2, 0.25) is 0 Å². The van der Waals surface area contributed by atoms with Crippen LogP contribution in [0.2, 0.25) is 91.7 Å². The first-order valence-electron chi connectivity index (χ1n) is 12.0. The molecule has 9 heteroatoms. The molecule has 0 heterocycles. The van der Waals surface area contributed by atoms with E-state index in [9.17, 15) is 0 Å². The summed E-state index contributed by atoms with van der Waals surface area (Å²) in [5.74, 6) is 0. The Morgan fingerprint density at radius 2 is 0.848 bits per heavy atom. The maximum atomic E-state index is 2.74. The number of rotatable bonds is 6. The second kappa shape index (κ2) is 12.9. The number of hydrogen-bond acceptors (Lipinski definition) is 0. The molecular weight excluding hydrogens is 595 g/mol. The molecule has 2 aliphatic rings. The summed E-state index contributed by atoms with van der Waals surface area (Å²) < 4.78 is 3.92. The van der Waals surface area contributed by atoms with Crippen LogP contribution in [0.5, 0.6) is 0 Å². The van der Waals surface area contributed by atoms with E-state index in [0.717, 1.165) is 0 Å². The zero-order valence-electron chi connectivity index (χ0n) is 23.5. The second-order valence-electron chi connectivity index (χ2n) is 14.0. The topological polar surface area (TPSA) is 0 Å². The van der Waals surface area contributed by atoms with Gasteiger partial charge in [-0.25, -0.2) is 0 Å². The molecular formula is C24H51Cl2LiSi5Y. The van der Waals surface area contributed by atoms with Gasteiger partial charge in [-0.3, -0.25) is 0 Å². The predicted molar refractivity (Wildman–Crippen MR) is 172 cm³/mol. The van der Waals surface area contributed by atoms with Crippen molar-refractivity contribution >= 4 is 80.3 Å². The van der Waals surface area contributed by atoms with Gasteiger partial charge >= 0.3 is 224 Å². The summed E-state index contributed by atoms with van der Waals surface area (Å²) in [5.41, 5.74) is 0. The van der Waals surface area contributed by atoms with Gasteiger partial charge in [-0.1, -0.05) is 0 Å². The monoisotopic (exact) mass is 645 g/mol. The molecule has 0 aromatic carbocycles. The molecule has 0 saturated carbocycles. The van der Waals surface area contributed by atoms with Crippen molar-refractivity contribution in [1.82, 2.24) is 0 Å². The van der Waals surface area contributed by atoms with E-state index < -0.39 is 58.2 Å². The van der Waals surface area contributed by atoms with Crippen LogP contribution in [0, 0.1) is 0 Å². The molecule has 0 unspecified atom stereocenters. The van der Waals surface area contributed by atoms with Gasteiger partial charge in [-0.2, -0.15) is 0 Å². The van der Waals surface area contributed by atoms with Crippen LogP contribution in [0.1, 0.15) is 12.8 Å². The Morgan fingerprint density at radius 3 is 1.03 bits per heavy atom. The first kappa shape index (κ1) is 37.5. The van der Waals surface area contributed by atoms with Crippen LogP contribution in [-0.4, -0.2) is 55.5 Å². The van der Waals surface area contributed by atoms with Crippen LogP contribution in [-0.2, 0) is 25.9 Å². The van der Waals surface area contributed by atoms with E-state index in [0.29, 0.717) is 0 Å². The van der Waals surface area contributed by atoms with Gasteiger partial charge in [-0.05, 0) is 0 Å². The molecule has 0 spiro atoms. The van der Waals surface area contributed by atoms with Gasteiger partial charge < -0.3 is 0 Å². The van der Waals surface area contributed by atoms with Crippen molar-refractivity contribution < 1.29 is 25.9 Å². The fourth-order valence-electron chi connectivity index (χ4n) is 5.74. The molecule has 0 aliphatic heterocycles. The number of hydrogen-bond donors (Lipinski definition) is 0. The number of allylic oxidation sites excluding steroid dienone is 8. The molecule has 0 atom stereocenters. The SMILES string of the molecule is C[Si](C)=[Y]([C]1=C([Si](C)(C)C)C([Si](C)(C)C)=CC1)[C]1=C([Si](C)(C)C)C([Si](C)(C)C)=CC1.Cl.Cl.[LiH]. The van der Waals surface area contributed by atoms with Crippen LogP contribution in [0.4, 0.5) is 0 Å².